The quantitative estimate of drug-likeness (QED) is 0.393. The SMILES string of the molecule is NC(CCl)=Nc1cc(C(F)(F)F)ccc1OCC(F)(F)F. The predicted octanol–water partition coefficient (Wildman–Crippen LogP) is 3.87. The Morgan fingerprint density at radius 3 is 2.29 bits per heavy atom. The Bertz CT molecular complexity index is 526. The number of amidine groups is 1. The molecule has 1 aromatic rings. The number of alkyl halides is 7. The van der Waals surface area contributed by atoms with Crippen LogP contribution in [0, 0.1) is 0 Å². The Morgan fingerprint density at radius 1 is 1.19 bits per heavy atom. The predicted molar refractivity (Wildman–Crippen MR) is 65.0 cm³/mol. The van der Waals surface area contributed by atoms with Crippen molar-refractivity contribution in [3.05, 3.63) is 23.8 Å². The molecule has 0 aliphatic heterocycles. The van der Waals surface area contributed by atoms with Crippen molar-refractivity contribution in [2.75, 3.05) is 12.5 Å². The van der Waals surface area contributed by atoms with Crippen LogP contribution in [0.1, 0.15) is 5.56 Å². The Morgan fingerprint density at radius 2 is 1.81 bits per heavy atom. The maximum absolute atomic E-state index is 12.6. The molecule has 0 aromatic heterocycles. The van der Waals surface area contributed by atoms with Crippen LogP contribution in [0.2, 0.25) is 0 Å². The van der Waals surface area contributed by atoms with Gasteiger partial charge in [0.1, 0.15) is 17.3 Å². The highest BCUT2D eigenvalue weighted by atomic mass is 35.5. The highest BCUT2D eigenvalue weighted by Crippen LogP contribution is 2.37. The molecule has 0 unspecified atom stereocenters. The third kappa shape index (κ3) is 5.70. The summed E-state index contributed by atoms with van der Waals surface area (Å²) in [4.78, 5) is 3.52. The second kappa shape index (κ2) is 6.42. The first kappa shape index (κ1) is 17.4. The van der Waals surface area contributed by atoms with E-state index in [2.05, 4.69) is 9.73 Å². The van der Waals surface area contributed by atoms with E-state index in [0.717, 1.165) is 6.07 Å². The van der Waals surface area contributed by atoms with Gasteiger partial charge in [0.25, 0.3) is 0 Å². The van der Waals surface area contributed by atoms with Gasteiger partial charge < -0.3 is 10.5 Å². The lowest BCUT2D eigenvalue weighted by molar-refractivity contribution is -0.153. The number of benzene rings is 1. The van der Waals surface area contributed by atoms with Crippen LogP contribution in [-0.4, -0.2) is 24.5 Å². The number of ether oxygens (including phenoxy) is 1. The molecule has 1 aromatic carbocycles. The fraction of sp³-hybridized carbons (Fsp3) is 0.364. The van der Waals surface area contributed by atoms with E-state index in [4.69, 9.17) is 17.3 Å². The first-order valence-electron chi connectivity index (χ1n) is 5.32. The van der Waals surface area contributed by atoms with Gasteiger partial charge in [-0.15, -0.1) is 11.6 Å². The summed E-state index contributed by atoms with van der Waals surface area (Å²) >= 11 is 5.33. The largest absolute Gasteiger partial charge is 0.482 e. The number of halogens is 7. The molecule has 1 rings (SSSR count). The van der Waals surface area contributed by atoms with Gasteiger partial charge in [-0.1, -0.05) is 0 Å². The molecule has 0 bridgehead atoms. The second-order valence-corrected chi connectivity index (χ2v) is 4.09. The van der Waals surface area contributed by atoms with Crippen molar-refractivity contribution in [1.82, 2.24) is 0 Å². The molecular weight excluding hydrogens is 326 g/mol. The lowest BCUT2D eigenvalue weighted by Crippen LogP contribution is -2.19. The van der Waals surface area contributed by atoms with Gasteiger partial charge in [-0.3, -0.25) is 0 Å². The average molecular weight is 335 g/mol. The van der Waals surface area contributed by atoms with E-state index >= 15 is 0 Å². The Labute approximate surface area is 120 Å². The number of nitrogens with zero attached hydrogens (tertiary/aromatic N) is 1. The van der Waals surface area contributed by atoms with Gasteiger partial charge in [0.2, 0.25) is 0 Å². The Kier molecular flexibility index (Phi) is 5.32. The van der Waals surface area contributed by atoms with Gasteiger partial charge in [0.15, 0.2) is 6.61 Å². The first-order chi connectivity index (χ1) is 9.53. The Hall–Kier alpha value is -1.64. The lowest BCUT2D eigenvalue weighted by Gasteiger charge is -2.13. The number of nitrogens with two attached hydrogens (primary N) is 1. The first-order valence-corrected chi connectivity index (χ1v) is 5.86. The molecule has 10 heteroatoms. The molecule has 0 saturated heterocycles. The molecule has 118 valence electrons. The normalized spacial score (nSPS) is 13.4. The topological polar surface area (TPSA) is 47.6 Å². The monoisotopic (exact) mass is 334 g/mol. The highest BCUT2D eigenvalue weighted by Gasteiger charge is 2.32. The fourth-order valence-corrected chi connectivity index (χ4v) is 1.31. The molecule has 0 heterocycles. The molecule has 0 atom stereocenters. The van der Waals surface area contributed by atoms with E-state index in [-0.39, 0.29) is 11.7 Å². The summed E-state index contributed by atoms with van der Waals surface area (Å²) in [6, 6.07) is 1.86. The van der Waals surface area contributed by atoms with Crippen LogP contribution in [0.15, 0.2) is 23.2 Å². The van der Waals surface area contributed by atoms with E-state index in [0.29, 0.717) is 12.1 Å². The summed E-state index contributed by atoms with van der Waals surface area (Å²) in [5.74, 6) is -1.03. The second-order valence-electron chi connectivity index (χ2n) is 3.82. The molecule has 0 aliphatic rings. The summed E-state index contributed by atoms with van der Waals surface area (Å²) in [5.41, 5.74) is 3.70. The van der Waals surface area contributed by atoms with Crippen LogP contribution in [-0.2, 0) is 6.18 Å². The van der Waals surface area contributed by atoms with Crippen LogP contribution in [0.25, 0.3) is 0 Å². The van der Waals surface area contributed by atoms with Gasteiger partial charge in [0.05, 0.1) is 11.4 Å². The van der Waals surface area contributed by atoms with E-state index < -0.39 is 36.0 Å². The third-order valence-corrected chi connectivity index (χ3v) is 2.35. The molecular formula is C11H9ClF6N2O. The van der Waals surface area contributed by atoms with Crippen molar-refractivity contribution in [3.8, 4) is 5.75 Å². The standard InChI is InChI=1S/C11H9ClF6N2O/c12-4-9(19)20-7-3-6(11(16,17)18)1-2-8(7)21-5-10(13,14)15/h1-3H,4-5H2,(H2,19,20). The van der Waals surface area contributed by atoms with Gasteiger partial charge in [-0.2, -0.15) is 26.3 Å². The highest BCUT2D eigenvalue weighted by molar-refractivity contribution is 6.28. The van der Waals surface area contributed by atoms with Gasteiger partial charge in [-0.05, 0) is 18.2 Å². The van der Waals surface area contributed by atoms with Gasteiger partial charge >= 0.3 is 12.4 Å². The van der Waals surface area contributed by atoms with Gasteiger partial charge in [0, 0.05) is 0 Å². The minimum atomic E-state index is -4.68. The third-order valence-electron chi connectivity index (χ3n) is 2.08. The van der Waals surface area contributed by atoms with Crippen LogP contribution in [0.4, 0.5) is 32.0 Å². The van der Waals surface area contributed by atoms with E-state index in [1.165, 1.54) is 0 Å². The molecule has 0 radical (unpaired) electrons. The zero-order chi connectivity index (χ0) is 16.3. The molecule has 2 N–H and O–H groups in total. The van der Waals surface area contributed by atoms with Gasteiger partial charge in [-0.25, -0.2) is 4.99 Å². The summed E-state index contributed by atoms with van der Waals surface area (Å²) in [7, 11) is 0. The molecule has 0 spiro atoms. The minimum Gasteiger partial charge on any atom is -0.482 e. The maximum Gasteiger partial charge on any atom is 0.422 e. The molecule has 0 amide bonds. The molecule has 0 fully saturated rings. The summed E-state index contributed by atoms with van der Waals surface area (Å²) < 4.78 is 78.4. The van der Waals surface area contributed by atoms with Crippen LogP contribution in [0.5, 0.6) is 5.75 Å². The molecule has 0 saturated carbocycles. The van der Waals surface area contributed by atoms with Crippen molar-refractivity contribution in [1.29, 1.82) is 0 Å². The van der Waals surface area contributed by atoms with Crippen molar-refractivity contribution in [2.45, 2.75) is 12.4 Å². The van der Waals surface area contributed by atoms with Crippen LogP contribution < -0.4 is 10.5 Å². The Balaban J connectivity index is 3.18. The van der Waals surface area contributed by atoms with Crippen molar-refractivity contribution in [3.63, 3.8) is 0 Å². The van der Waals surface area contributed by atoms with E-state index in [9.17, 15) is 26.3 Å². The molecule has 0 aliphatic carbocycles. The van der Waals surface area contributed by atoms with Crippen LogP contribution >= 0.6 is 11.6 Å². The van der Waals surface area contributed by atoms with Crippen molar-refractivity contribution < 1.29 is 31.1 Å². The van der Waals surface area contributed by atoms with Crippen molar-refractivity contribution in [2.24, 2.45) is 10.7 Å². The summed E-state index contributed by atoms with van der Waals surface area (Å²) in [5, 5.41) is 0. The van der Waals surface area contributed by atoms with E-state index in [1.54, 1.807) is 0 Å². The fourth-order valence-electron chi connectivity index (χ4n) is 1.25. The molecule has 21 heavy (non-hydrogen) atoms. The number of hydrogen-bond acceptors (Lipinski definition) is 2. The van der Waals surface area contributed by atoms with Crippen molar-refractivity contribution >= 4 is 23.1 Å². The number of aliphatic imine (C=N–C) groups is 1. The van der Waals surface area contributed by atoms with Crippen LogP contribution in [0.3, 0.4) is 0 Å². The zero-order valence-corrected chi connectivity index (χ0v) is 11.0. The van der Waals surface area contributed by atoms with E-state index in [1.807, 2.05) is 0 Å². The summed E-state index contributed by atoms with van der Waals surface area (Å²) in [6.45, 7) is -1.67. The summed E-state index contributed by atoms with van der Waals surface area (Å²) in [6.07, 6.45) is -9.32. The minimum absolute atomic E-state index is 0.257. The average Bonchev–Trinajstić information content (AvgIpc) is 2.34. The number of rotatable bonds is 4. The molecule has 3 nitrogen and oxygen atoms in total. The zero-order valence-electron chi connectivity index (χ0n) is 10.2. The maximum atomic E-state index is 12.6. The smallest absolute Gasteiger partial charge is 0.422 e. The number of hydrogen-bond donors (Lipinski definition) is 1. The lowest BCUT2D eigenvalue weighted by atomic mass is 10.2.